The first-order chi connectivity index (χ1) is 7.99. The van der Waals surface area contributed by atoms with Crippen LogP contribution in [-0.2, 0) is 32.7 Å². The molecule has 0 aliphatic carbocycles. The van der Waals surface area contributed by atoms with E-state index in [2.05, 4.69) is 28.6 Å². The molecule has 1 aliphatic heterocycles. The van der Waals surface area contributed by atoms with Gasteiger partial charge in [0.05, 0.1) is 0 Å². The third kappa shape index (κ3) is 3.17. The van der Waals surface area contributed by atoms with Gasteiger partial charge in [0, 0.05) is 45.8 Å². The Hall–Kier alpha value is -0.316. The molecule has 1 aliphatic rings. The van der Waals surface area contributed by atoms with E-state index < -0.39 is 11.6 Å². The zero-order chi connectivity index (χ0) is 12.6. The minimum atomic E-state index is -0.609. The van der Waals surface area contributed by atoms with Crippen molar-refractivity contribution in [2.24, 2.45) is 0 Å². The van der Waals surface area contributed by atoms with Crippen molar-refractivity contribution in [2.45, 2.75) is 0 Å². The summed E-state index contributed by atoms with van der Waals surface area (Å²) < 4.78 is 27.1. The number of halogens is 3. The maximum Gasteiger partial charge on any atom is 0.114 e. The Morgan fingerprint density at radius 2 is 1.78 bits per heavy atom. The van der Waals surface area contributed by atoms with Crippen molar-refractivity contribution in [1.82, 2.24) is 4.90 Å². The molecule has 0 amide bonds. The summed E-state index contributed by atoms with van der Waals surface area (Å²) >= 11 is 3.32. The summed E-state index contributed by atoms with van der Waals surface area (Å²) in [5.74, 6) is -1.22. The molecule has 0 spiro atoms. The van der Waals surface area contributed by atoms with E-state index in [1.807, 2.05) is 0 Å². The van der Waals surface area contributed by atoms with Crippen LogP contribution in [0.2, 0.25) is 0 Å². The van der Waals surface area contributed by atoms with Crippen molar-refractivity contribution in [2.75, 3.05) is 7.05 Å². The minimum absolute atomic E-state index is 0. The predicted molar refractivity (Wildman–Crippen MR) is 66.9 cm³/mol. The van der Waals surface area contributed by atoms with Gasteiger partial charge < -0.3 is 4.90 Å². The first kappa shape index (κ1) is 15.7. The summed E-state index contributed by atoms with van der Waals surface area (Å²) in [6.07, 6.45) is 4.64. The summed E-state index contributed by atoms with van der Waals surface area (Å²) in [6, 6.07) is 3.37. The van der Waals surface area contributed by atoms with Crippen LogP contribution in [0.1, 0.15) is 5.56 Å². The smallest absolute Gasteiger partial charge is 0.114 e. The van der Waals surface area contributed by atoms with Gasteiger partial charge in [-0.1, -0.05) is 34.5 Å². The van der Waals surface area contributed by atoms with Gasteiger partial charge in [0.25, 0.3) is 0 Å². The van der Waals surface area contributed by atoms with Crippen LogP contribution >= 0.6 is 15.9 Å². The van der Waals surface area contributed by atoms with Crippen LogP contribution in [-0.4, -0.2) is 11.9 Å². The Kier molecular flexibility index (Phi) is 5.44. The van der Waals surface area contributed by atoms with Crippen LogP contribution in [0.15, 0.2) is 41.0 Å². The largest absolute Gasteiger partial charge is 0.378 e. The van der Waals surface area contributed by atoms with Gasteiger partial charge in [0.15, 0.2) is 0 Å². The van der Waals surface area contributed by atoms with E-state index >= 15 is 0 Å². The molecule has 0 aromatic heterocycles. The average Bonchev–Trinajstić information content (AvgIpc) is 2.24. The van der Waals surface area contributed by atoms with E-state index in [9.17, 15) is 8.78 Å². The molecular formula is C13H9BrF2NY-. The van der Waals surface area contributed by atoms with E-state index in [0.29, 0.717) is 17.0 Å². The molecule has 1 radical (unpaired) electrons. The second-order valence-corrected chi connectivity index (χ2v) is 4.50. The quantitative estimate of drug-likeness (QED) is 0.664. The van der Waals surface area contributed by atoms with Gasteiger partial charge in [-0.05, 0) is 5.70 Å². The summed E-state index contributed by atoms with van der Waals surface area (Å²) in [5, 5.41) is 0. The van der Waals surface area contributed by atoms with Crippen molar-refractivity contribution >= 4 is 21.6 Å². The first-order valence-electron chi connectivity index (χ1n) is 4.87. The van der Waals surface area contributed by atoms with Gasteiger partial charge in [-0.2, -0.15) is 12.2 Å². The molecule has 0 saturated carbocycles. The maximum atomic E-state index is 13.1. The number of hydrogen-bond donors (Lipinski definition) is 0. The number of nitrogens with zero attached hydrogens (tertiary/aromatic N) is 1. The summed E-state index contributed by atoms with van der Waals surface area (Å²) in [4.78, 5) is 1.72. The van der Waals surface area contributed by atoms with E-state index in [1.54, 1.807) is 18.0 Å². The number of allylic oxidation sites excluding steroid dienone is 3. The van der Waals surface area contributed by atoms with E-state index in [4.69, 9.17) is 0 Å². The Balaban J connectivity index is 0.00000162. The molecule has 1 aromatic rings. The normalized spacial score (nSPS) is 14.9. The molecule has 0 unspecified atom stereocenters. The molecule has 0 fully saturated rings. The van der Waals surface area contributed by atoms with Gasteiger partial charge in [-0.15, -0.1) is 15.9 Å². The topological polar surface area (TPSA) is 3.24 Å². The van der Waals surface area contributed by atoms with Crippen LogP contribution in [0.3, 0.4) is 0 Å². The van der Waals surface area contributed by atoms with Crippen LogP contribution in [0, 0.1) is 17.7 Å². The van der Waals surface area contributed by atoms with Gasteiger partial charge in [-0.25, -0.2) is 8.78 Å². The second kappa shape index (κ2) is 6.22. The second-order valence-electron chi connectivity index (χ2n) is 3.65. The molecule has 0 atom stereocenters. The number of likely N-dealkylation sites (N-methyl/N-ethyl adjacent to an activating group) is 1. The molecular weight excluding hydrogens is 377 g/mol. The fraction of sp³-hybridized carbons (Fsp3) is 0.0769. The average molecular weight is 386 g/mol. The molecule has 0 bridgehead atoms. The van der Waals surface area contributed by atoms with Gasteiger partial charge >= 0.3 is 0 Å². The van der Waals surface area contributed by atoms with Crippen LogP contribution in [0.4, 0.5) is 8.78 Å². The molecule has 1 nitrogen and oxygen atoms in total. The number of hydrogen-bond acceptors (Lipinski definition) is 1. The molecule has 0 saturated heterocycles. The SMILES string of the molecule is C=C1C(Br)=C[C-]=C(c2cc(F)cc(F)c2)N1C.[Y]. The molecule has 2 rings (SSSR count). The Labute approximate surface area is 138 Å². The standard InChI is InChI=1S/C13H9BrF2N.Y/c1-8-12(14)3-4-13(17(8)2)9-5-10(15)7-11(16)6-9;/h3,5-7H,1H2,2H3;/q-1;. The zero-order valence-electron chi connectivity index (χ0n) is 9.67. The summed E-state index contributed by atoms with van der Waals surface area (Å²) in [5.41, 5.74) is 1.72. The van der Waals surface area contributed by atoms with Crippen molar-refractivity contribution in [3.63, 3.8) is 0 Å². The zero-order valence-corrected chi connectivity index (χ0v) is 14.1. The fourth-order valence-corrected chi connectivity index (χ4v) is 1.95. The molecule has 1 heterocycles. The fourth-order valence-electron chi connectivity index (χ4n) is 1.57. The Bertz CT molecular complexity index is 532. The summed E-state index contributed by atoms with van der Waals surface area (Å²) in [7, 11) is 1.77. The first-order valence-corrected chi connectivity index (χ1v) is 5.67. The van der Waals surface area contributed by atoms with Crippen LogP contribution < -0.4 is 0 Å². The maximum absolute atomic E-state index is 13.1. The molecule has 0 N–H and O–H groups in total. The van der Waals surface area contributed by atoms with E-state index in [0.717, 1.165) is 10.5 Å². The molecule has 91 valence electrons. The predicted octanol–water partition coefficient (Wildman–Crippen LogP) is 3.84. The molecule has 1 aromatic carbocycles. The Morgan fingerprint density at radius 3 is 2.33 bits per heavy atom. The number of rotatable bonds is 1. The molecule has 18 heavy (non-hydrogen) atoms. The van der Waals surface area contributed by atoms with E-state index in [1.165, 1.54) is 12.1 Å². The van der Waals surface area contributed by atoms with Crippen molar-refractivity contribution < 1.29 is 41.5 Å². The summed E-state index contributed by atoms with van der Waals surface area (Å²) in [6.45, 7) is 3.86. The van der Waals surface area contributed by atoms with Crippen LogP contribution in [0.5, 0.6) is 0 Å². The number of benzene rings is 1. The van der Waals surface area contributed by atoms with E-state index in [-0.39, 0.29) is 32.7 Å². The van der Waals surface area contributed by atoms with Gasteiger partial charge in [0.1, 0.15) is 11.6 Å². The van der Waals surface area contributed by atoms with Crippen molar-refractivity contribution in [1.29, 1.82) is 0 Å². The molecule has 5 heteroatoms. The van der Waals surface area contributed by atoms with Crippen LogP contribution in [0.25, 0.3) is 5.70 Å². The Morgan fingerprint density at radius 1 is 1.22 bits per heavy atom. The van der Waals surface area contributed by atoms with Crippen molar-refractivity contribution in [3.8, 4) is 0 Å². The third-order valence-electron chi connectivity index (χ3n) is 2.49. The minimum Gasteiger partial charge on any atom is -0.378 e. The van der Waals surface area contributed by atoms with Crippen molar-refractivity contribution in [3.05, 3.63) is 64.3 Å². The third-order valence-corrected chi connectivity index (χ3v) is 3.17. The van der Waals surface area contributed by atoms with Gasteiger partial charge in [-0.3, -0.25) is 0 Å². The van der Waals surface area contributed by atoms with Gasteiger partial charge in [0.2, 0.25) is 0 Å². The monoisotopic (exact) mass is 385 g/mol.